The highest BCUT2D eigenvalue weighted by molar-refractivity contribution is 5.84. The van der Waals surface area contributed by atoms with E-state index in [1.54, 1.807) is 4.68 Å². The van der Waals surface area contributed by atoms with Crippen molar-refractivity contribution in [2.45, 2.75) is 46.1 Å². The molecule has 1 aromatic heterocycles. The van der Waals surface area contributed by atoms with Gasteiger partial charge in [-0.05, 0) is 32.4 Å². The number of aromatic nitrogens is 1. The number of hydrogen-bond donors (Lipinski definition) is 2. The van der Waals surface area contributed by atoms with Crippen LogP contribution in [0.25, 0.3) is 0 Å². The summed E-state index contributed by atoms with van der Waals surface area (Å²) in [5, 5.41) is 0. The van der Waals surface area contributed by atoms with E-state index in [2.05, 4.69) is 12.3 Å². The fourth-order valence-electron chi connectivity index (χ4n) is 1.73. The molecule has 0 bridgehead atoms. The molecular formula is C12H21N3O. The Morgan fingerprint density at radius 3 is 2.50 bits per heavy atom. The van der Waals surface area contributed by atoms with Gasteiger partial charge in [0.15, 0.2) is 0 Å². The van der Waals surface area contributed by atoms with Crippen LogP contribution in [0.4, 0.5) is 0 Å². The summed E-state index contributed by atoms with van der Waals surface area (Å²) >= 11 is 0. The minimum atomic E-state index is -0.0406. The number of carbonyl (C=O) groups excluding carboxylic acids is 1. The molecule has 0 aliphatic carbocycles. The molecule has 0 spiro atoms. The second-order valence-corrected chi connectivity index (χ2v) is 4.24. The lowest BCUT2D eigenvalue weighted by Crippen LogP contribution is -2.31. The Morgan fingerprint density at radius 1 is 1.44 bits per heavy atom. The van der Waals surface area contributed by atoms with Crippen LogP contribution in [0, 0.1) is 13.8 Å². The largest absolute Gasteiger partial charge is 0.327 e. The summed E-state index contributed by atoms with van der Waals surface area (Å²) in [5.41, 5.74) is 10.7. The second-order valence-electron chi connectivity index (χ2n) is 4.24. The lowest BCUT2D eigenvalue weighted by Gasteiger charge is -2.14. The summed E-state index contributed by atoms with van der Waals surface area (Å²) in [6.07, 6.45) is 2.28. The number of carbonyl (C=O) groups is 1. The topological polar surface area (TPSA) is 60.1 Å². The molecule has 1 atom stereocenters. The average Bonchev–Trinajstić information content (AvgIpc) is 2.49. The van der Waals surface area contributed by atoms with Crippen molar-refractivity contribution in [3.63, 3.8) is 0 Å². The van der Waals surface area contributed by atoms with Gasteiger partial charge in [-0.2, -0.15) is 0 Å². The first-order chi connectivity index (χ1) is 7.54. The van der Waals surface area contributed by atoms with Crippen molar-refractivity contribution in [3.05, 3.63) is 23.5 Å². The Balaban J connectivity index is 2.52. The van der Waals surface area contributed by atoms with E-state index in [-0.39, 0.29) is 11.9 Å². The van der Waals surface area contributed by atoms with Crippen LogP contribution in [0.3, 0.4) is 0 Å². The van der Waals surface area contributed by atoms with Gasteiger partial charge in [-0.3, -0.25) is 14.9 Å². The maximum atomic E-state index is 11.7. The molecule has 0 fully saturated rings. The molecular weight excluding hydrogens is 202 g/mol. The first-order valence-electron chi connectivity index (χ1n) is 5.75. The third-order valence-electron chi connectivity index (χ3n) is 2.61. The van der Waals surface area contributed by atoms with Gasteiger partial charge in [0.05, 0.1) is 0 Å². The van der Waals surface area contributed by atoms with Crippen molar-refractivity contribution in [1.82, 2.24) is 4.68 Å². The number of aryl methyl sites for hydroxylation is 2. The van der Waals surface area contributed by atoms with Crippen LogP contribution < -0.4 is 11.2 Å². The third kappa shape index (κ3) is 3.38. The van der Waals surface area contributed by atoms with E-state index in [0.29, 0.717) is 6.42 Å². The van der Waals surface area contributed by atoms with E-state index in [1.807, 2.05) is 26.0 Å². The summed E-state index contributed by atoms with van der Waals surface area (Å²) in [4.78, 5) is 11.7. The van der Waals surface area contributed by atoms with Gasteiger partial charge in [0.25, 0.3) is 0 Å². The molecule has 0 aliphatic rings. The van der Waals surface area contributed by atoms with E-state index < -0.39 is 0 Å². The lowest BCUT2D eigenvalue weighted by molar-refractivity contribution is -0.117. The average molecular weight is 223 g/mol. The number of hydrogen-bond acceptors (Lipinski definition) is 2. The van der Waals surface area contributed by atoms with Gasteiger partial charge in [0, 0.05) is 23.9 Å². The van der Waals surface area contributed by atoms with Crippen LogP contribution >= 0.6 is 0 Å². The van der Waals surface area contributed by atoms with Crippen molar-refractivity contribution >= 4 is 5.91 Å². The molecule has 90 valence electrons. The van der Waals surface area contributed by atoms with Gasteiger partial charge in [0.2, 0.25) is 5.91 Å². The lowest BCUT2D eigenvalue weighted by atomic mass is 10.1. The molecule has 1 aromatic rings. The molecule has 0 radical (unpaired) electrons. The quantitative estimate of drug-likeness (QED) is 0.798. The normalized spacial score (nSPS) is 12.5. The summed E-state index contributed by atoms with van der Waals surface area (Å²) in [6, 6.07) is 3.91. The monoisotopic (exact) mass is 223 g/mol. The summed E-state index contributed by atoms with van der Waals surface area (Å²) in [5.74, 6) is -0.0247. The molecule has 4 heteroatoms. The van der Waals surface area contributed by atoms with Gasteiger partial charge < -0.3 is 5.73 Å². The van der Waals surface area contributed by atoms with Crippen molar-refractivity contribution < 1.29 is 4.79 Å². The zero-order chi connectivity index (χ0) is 12.1. The highest BCUT2D eigenvalue weighted by Crippen LogP contribution is 2.05. The van der Waals surface area contributed by atoms with Crippen LogP contribution in [-0.4, -0.2) is 16.6 Å². The predicted octanol–water partition coefficient (Wildman–Crippen LogP) is 1.69. The van der Waals surface area contributed by atoms with Gasteiger partial charge >= 0.3 is 0 Å². The van der Waals surface area contributed by atoms with Crippen LogP contribution in [0.2, 0.25) is 0 Å². The fraction of sp³-hybridized carbons (Fsp3) is 0.583. The number of nitrogens with zero attached hydrogens (tertiary/aromatic N) is 1. The second kappa shape index (κ2) is 5.70. The van der Waals surface area contributed by atoms with E-state index >= 15 is 0 Å². The molecule has 1 rings (SSSR count). The summed E-state index contributed by atoms with van der Waals surface area (Å²) < 4.78 is 1.79. The molecule has 3 N–H and O–H groups in total. The number of nitrogens with two attached hydrogens (primary N) is 1. The molecule has 0 aliphatic heterocycles. The number of nitrogens with one attached hydrogen (secondary N) is 1. The first-order valence-corrected chi connectivity index (χ1v) is 5.75. The van der Waals surface area contributed by atoms with Crippen molar-refractivity contribution in [3.8, 4) is 0 Å². The van der Waals surface area contributed by atoms with Crippen molar-refractivity contribution in [2.24, 2.45) is 5.73 Å². The summed E-state index contributed by atoms with van der Waals surface area (Å²) in [7, 11) is 0. The Kier molecular flexibility index (Phi) is 4.55. The van der Waals surface area contributed by atoms with Gasteiger partial charge in [-0.25, -0.2) is 0 Å². The SMILES string of the molecule is CCCC(N)CC(=O)Nn1c(C)ccc1C. The summed E-state index contributed by atoms with van der Waals surface area (Å²) in [6.45, 7) is 5.98. The zero-order valence-electron chi connectivity index (χ0n) is 10.3. The van der Waals surface area contributed by atoms with Gasteiger partial charge in [0.1, 0.15) is 0 Å². The minimum absolute atomic E-state index is 0.0247. The fourth-order valence-corrected chi connectivity index (χ4v) is 1.73. The highest BCUT2D eigenvalue weighted by Gasteiger charge is 2.10. The molecule has 4 nitrogen and oxygen atoms in total. The van der Waals surface area contributed by atoms with E-state index in [4.69, 9.17) is 5.73 Å². The van der Waals surface area contributed by atoms with Crippen LogP contribution in [0.15, 0.2) is 12.1 Å². The maximum Gasteiger partial charge on any atom is 0.240 e. The molecule has 16 heavy (non-hydrogen) atoms. The molecule has 1 heterocycles. The van der Waals surface area contributed by atoms with Crippen molar-refractivity contribution in [1.29, 1.82) is 0 Å². The molecule has 0 aromatic carbocycles. The van der Waals surface area contributed by atoms with E-state index in [0.717, 1.165) is 24.2 Å². The Morgan fingerprint density at radius 2 is 2.00 bits per heavy atom. The van der Waals surface area contributed by atoms with Crippen molar-refractivity contribution in [2.75, 3.05) is 5.43 Å². The Labute approximate surface area is 96.8 Å². The number of amides is 1. The van der Waals surface area contributed by atoms with Crippen LogP contribution in [0.1, 0.15) is 37.6 Å². The van der Waals surface area contributed by atoms with E-state index in [9.17, 15) is 4.79 Å². The molecule has 0 saturated heterocycles. The highest BCUT2D eigenvalue weighted by atomic mass is 16.2. The Hall–Kier alpha value is -1.29. The molecule has 0 saturated carbocycles. The predicted molar refractivity (Wildman–Crippen MR) is 65.8 cm³/mol. The maximum absolute atomic E-state index is 11.7. The minimum Gasteiger partial charge on any atom is -0.327 e. The molecule has 1 amide bonds. The van der Waals surface area contributed by atoms with Crippen LogP contribution in [-0.2, 0) is 4.79 Å². The zero-order valence-corrected chi connectivity index (χ0v) is 10.3. The standard InChI is InChI=1S/C12H21N3O/c1-4-5-11(13)8-12(16)14-15-9(2)6-7-10(15)3/h6-7,11H,4-5,8,13H2,1-3H3,(H,14,16). The third-order valence-corrected chi connectivity index (χ3v) is 2.61. The van der Waals surface area contributed by atoms with E-state index in [1.165, 1.54) is 0 Å². The van der Waals surface area contributed by atoms with Crippen LogP contribution in [0.5, 0.6) is 0 Å². The smallest absolute Gasteiger partial charge is 0.240 e. The molecule has 1 unspecified atom stereocenters. The number of rotatable bonds is 5. The Bertz CT molecular complexity index is 338. The van der Waals surface area contributed by atoms with Gasteiger partial charge in [-0.15, -0.1) is 0 Å². The first kappa shape index (κ1) is 12.8. The van der Waals surface area contributed by atoms with Gasteiger partial charge in [-0.1, -0.05) is 13.3 Å².